The summed E-state index contributed by atoms with van der Waals surface area (Å²) in [5, 5.41) is 2.68. The van der Waals surface area contributed by atoms with E-state index in [0.29, 0.717) is 12.2 Å². The fraction of sp³-hybridized carbons (Fsp3) is 0.385. The van der Waals surface area contributed by atoms with Crippen molar-refractivity contribution in [2.24, 2.45) is 11.8 Å². The third-order valence-corrected chi connectivity index (χ3v) is 3.10. The van der Waals surface area contributed by atoms with Gasteiger partial charge in [0, 0.05) is 6.54 Å². The number of nitrogens with one attached hydrogen (secondary N) is 1. The monoisotopic (exact) mass is 250 g/mol. The predicted octanol–water partition coefficient (Wildman–Crippen LogP) is 2.15. The zero-order chi connectivity index (χ0) is 13.3. The van der Waals surface area contributed by atoms with Crippen molar-refractivity contribution in [2.45, 2.75) is 13.8 Å². The van der Waals surface area contributed by atoms with Crippen molar-refractivity contribution in [3.8, 4) is 0 Å². The second-order valence-electron chi connectivity index (χ2n) is 4.69. The number of carbonyl (C=O) groups excluding carboxylic acids is 2. The molecule has 0 bridgehead atoms. The van der Waals surface area contributed by atoms with E-state index in [-0.39, 0.29) is 17.7 Å². The molecule has 1 unspecified atom stereocenters. The molecule has 0 aromatic heterocycles. The van der Waals surface area contributed by atoms with E-state index >= 15 is 0 Å². The molecule has 0 aliphatic carbocycles. The molecule has 1 aromatic rings. The van der Waals surface area contributed by atoms with Crippen molar-refractivity contribution in [3.63, 3.8) is 0 Å². The summed E-state index contributed by atoms with van der Waals surface area (Å²) in [5.41, 5.74) is 0.393. The summed E-state index contributed by atoms with van der Waals surface area (Å²) in [4.78, 5) is 25.1. The van der Waals surface area contributed by atoms with Crippen LogP contribution < -0.4 is 10.2 Å². The van der Waals surface area contributed by atoms with Crippen LogP contribution >= 0.6 is 0 Å². The van der Waals surface area contributed by atoms with Crippen LogP contribution in [-0.2, 0) is 4.79 Å². The van der Waals surface area contributed by atoms with Gasteiger partial charge in [-0.2, -0.15) is 0 Å². The van der Waals surface area contributed by atoms with Gasteiger partial charge in [-0.15, -0.1) is 0 Å². The molecule has 5 heteroatoms. The molecule has 3 amide bonds. The summed E-state index contributed by atoms with van der Waals surface area (Å²) in [5.74, 6) is -0.738. The van der Waals surface area contributed by atoms with Gasteiger partial charge < -0.3 is 5.32 Å². The highest BCUT2D eigenvalue weighted by Crippen LogP contribution is 2.23. The first-order valence-electron chi connectivity index (χ1n) is 5.88. The van der Waals surface area contributed by atoms with Crippen molar-refractivity contribution in [3.05, 3.63) is 30.1 Å². The van der Waals surface area contributed by atoms with Crippen LogP contribution in [0.5, 0.6) is 0 Å². The van der Waals surface area contributed by atoms with Gasteiger partial charge in [0.1, 0.15) is 5.82 Å². The van der Waals surface area contributed by atoms with Gasteiger partial charge in [-0.3, -0.25) is 4.79 Å². The summed E-state index contributed by atoms with van der Waals surface area (Å²) in [7, 11) is 0. The highest BCUT2D eigenvalue weighted by Gasteiger charge is 2.36. The van der Waals surface area contributed by atoms with Crippen LogP contribution in [0.1, 0.15) is 13.8 Å². The highest BCUT2D eigenvalue weighted by atomic mass is 19.1. The van der Waals surface area contributed by atoms with Gasteiger partial charge in [-0.05, 0) is 30.2 Å². The molecular weight excluding hydrogens is 235 g/mol. The lowest BCUT2D eigenvalue weighted by molar-refractivity contribution is -0.123. The molecule has 1 aliphatic heterocycles. The van der Waals surface area contributed by atoms with E-state index in [1.807, 2.05) is 13.8 Å². The summed E-state index contributed by atoms with van der Waals surface area (Å²) >= 11 is 0. The van der Waals surface area contributed by atoms with Gasteiger partial charge >= 0.3 is 6.03 Å². The number of rotatable bonds is 2. The fourth-order valence-electron chi connectivity index (χ4n) is 1.99. The first kappa shape index (κ1) is 12.5. The summed E-state index contributed by atoms with van der Waals surface area (Å²) in [6.45, 7) is 4.22. The van der Waals surface area contributed by atoms with Crippen LogP contribution in [0.2, 0.25) is 0 Å². The van der Waals surface area contributed by atoms with E-state index < -0.39 is 11.8 Å². The van der Waals surface area contributed by atoms with Gasteiger partial charge in [0.05, 0.1) is 11.6 Å². The normalized spacial score (nSPS) is 20.2. The number of imide groups is 1. The van der Waals surface area contributed by atoms with E-state index in [1.165, 1.54) is 24.3 Å². The number of carbonyl (C=O) groups is 2. The second-order valence-corrected chi connectivity index (χ2v) is 4.69. The SMILES string of the molecule is CC(C)C1CNC(=O)N(c2ccc(F)cc2)C1=O. The minimum Gasteiger partial charge on any atom is -0.337 e. The van der Waals surface area contributed by atoms with Crippen LogP contribution in [0.25, 0.3) is 0 Å². The number of halogens is 1. The average molecular weight is 250 g/mol. The molecule has 1 N–H and O–H groups in total. The summed E-state index contributed by atoms with van der Waals surface area (Å²) in [6.07, 6.45) is 0. The Labute approximate surface area is 105 Å². The van der Waals surface area contributed by atoms with Crippen molar-refractivity contribution in [1.29, 1.82) is 0 Å². The Morgan fingerprint density at radius 1 is 1.28 bits per heavy atom. The molecule has 1 fully saturated rings. The average Bonchev–Trinajstić information content (AvgIpc) is 2.31. The number of nitrogens with zero attached hydrogens (tertiary/aromatic N) is 1. The van der Waals surface area contributed by atoms with Gasteiger partial charge in [0.15, 0.2) is 0 Å². The smallest absolute Gasteiger partial charge is 0.328 e. The fourth-order valence-corrected chi connectivity index (χ4v) is 1.99. The zero-order valence-electron chi connectivity index (χ0n) is 10.3. The van der Waals surface area contributed by atoms with Crippen molar-refractivity contribution in [1.82, 2.24) is 5.32 Å². The van der Waals surface area contributed by atoms with Gasteiger partial charge in [0.2, 0.25) is 5.91 Å². The molecule has 96 valence electrons. The molecule has 1 saturated heterocycles. The number of hydrogen-bond acceptors (Lipinski definition) is 2. The molecule has 1 aromatic carbocycles. The number of amides is 3. The molecule has 4 nitrogen and oxygen atoms in total. The lowest BCUT2D eigenvalue weighted by Crippen LogP contribution is -2.56. The van der Waals surface area contributed by atoms with Crippen molar-refractivity contribution >= 4 is 17.6 Å². The Hall–Kier alpha value is -1.91. The number of urea groups is 1. The van der Waals surface area contributed by atoms with Gasteiger partial charge in [0.25, 0.3) is 0 Å². The third kappa shape index (κ3) is 2.20. The Kier molecular flexibility index (Phi) is 3.32. The molecule has 2 rings (SSSR count). The van der Waals surface area contributed by atoms with E-state index in [1.54, 1.807) is 0 Å². The highest BCUT2D eigenvalue weighted by molar-refractivity contribution is 6.16. The molecule has 0 spiro atoms. The molecule has 0 radical (unpaired) electrons. The largest absolute Gasteiger partial charge is 0.337 e. The van der Waals surface area contributed by atoms with Crippen LogP contribution in [0, 0.1) is 17.7 Å². The van der Waals surface area contributed by atoms with Crippen molar-refractivity contribution in [2.75, 3.05) is 11.4 Å². The van der Waals surface area contributed by atoms with Crippen LogP contribution in [-0.4, -0.2) is 18.5 Å². The molecule has 1 atom stereocenters. The number of hydrogen-bond donors (Lipinski definition) is 1. The Morgan fingerprint density at radius 3 is 2.44 bits per heavy atom. The molecular formula is C13H15FN2O2. The number of benzene rings is 1. The summed E-state index contributed by atoms with van der Waals surface area (Å²) in [6, 6.07) is 4.86. The van der Waals surface area contributed by atoms with Gasteiger partial charge in [-0.1, -0.05) is 13.8 Å². The number of anilines is 1. The predicted molar refractivity (Wildman–Crippen MR) is 65.6 cm³/mol. The maximum absolute atomic E-state index is 12.8. The topological polar surface area (TPSA) is 49.4 Å². The van der Waals surface area contributed by atoms with Crippen molar-refractivity contribution < 1.29 is 14.0 Å². The van der Waals surface area contributed by atoms with Crippen LogP contribution in [0.4, 0.5) is 14.9 Å². The Bertz CT molecular complexity index is 470. The van der Waals surface area contributed by atoms with Crippen LogP contribution in [0.3, 0.4) is 0 Å². The van der Waals surface area contributed by atoms with E-state index in [9.17, 15) is 14.0 Å². The molecule has 1 heterocycles. The van der Waals surface area contributed by atoms with E-state index in [0.717, 1.165) is 4.90 Å². The third-order valence-electron chi connectivity index (χ3n) is 3.10. The second kappa shape index (κ2) is 4.76. The maximum atomic E-state index is 12.8. The zero-order valence-corrected chi connectivity index (χ0v) is 10.3. The maximum Gasteiger partial charge on any atom is 0.328 e. The van der Waals surface area contributed by atoms with Gasteiger partial charge in [-0.25, -0.2) is 14.1 Å². The molecule has 18 heavy (non-hydrogen) atoms. The quantitative estimate of drug-likeness (QED) is 0.874. The molecule has 1 aliphatic rings. The lowest BCUT2D eigenvalue weighted by Gasteiger charge is -2.33. The minimum atomic E-state index is -0.455. The first-order chi connectivity index (χ1) is 8.50. The first-order valence-corrected chi connectivity index (χ1v) is 5.88. The van der Waals surface area contributed by atoms with Crippen LogP contribution in [0.15, 0.2) is 24.3 Å². The van der Waals surface area contributed by atoms with E-state index in [4.69, 9.17) is 0 Å². The minimum absolute atomic E-state index is 0.140. The lowest BCUT2D eigenvalue weighted by atomic mass is 9.92. The Balaban J connectivity index is 2.31. The molecule has 0 saturated carbocycles. The standard InChI is InChI=1S/C13H15FN2O2/c1-8(2)11-7-15-13(18)16(12(11)17)10-5-3-9(14)4-6-10/h3-6,8,11H,7H2,1-2H3,(H,15,18). The van der Waals surface area contributed by atoms with E-state index in [2.05, 4.69) is 5.32 Å². The summed E-state index contributed by atoms with van der Waals surface area (Å²) < 4.78 is 12.8. The Morgan fingerprint density at radius 2 is 1.89 bits per heavy atom.